The minimum atomic E-state index is -4.43. The molecule has 0 aliphatic heterocycles. The van der Waals surface area contributed by atoms with Gasteiger partial charge in [-0.05, 0) is 36.5 Å². The first-order valence-corrected chi connectivity index (χ1v) is 8.37. The van der Waals surface area contributed by atoms with E-state index in [2.05, 4.69) is 4.98 Å². The summed E-state index contributed by atoms with van der Waals surface area (Å²) in [4.78, 5) is 30.0. The highest BCUT2D eigenvalue weighted by Crippen LogP contribution is 2.44. The van der Waals surface area contributed by atoms with Crippen LogP contribution in [0.5, 0.6) is 0 Å². The fourth-order valence-corrected chi connectivity index (χ4v) is 3.10. The summed E-state index contributed by atoms with van der Waals surface area (Å²) in [6.07, 6.45) is -2.73. The number of nitrogens with zero attached hydrogens (tertiary/aromatic N) is 3. The zero-order valence-electron chi connectivity index (χ0n) is 14.8. The number of amides is 1. The van der Waals surface area contributed by atoms with E-state index in [1.54, 1.807) is 19.0 Å². The fraction of sp³-hybridized carbons (Fsp3) is 0.389. The van der Waals surface area contributed by atoms with E-state index in [1.165, 1.54) is 16.7 Å². The molecule has 1 aliphatic rings. The van der Waals surface area contributed by atoms with Crippen molar-refractivity contribution in [3.63, 3.8) is 0 Å². The van der Waals surface area contributed by atoms with Crippen LogP contribution in [0.4, 0.5) is 19.1 Å². The summed E-state index contributed by atoms with van der Waals surface area (Å²) < 4.78 is 40.0. The molecule has 1 atom stereocenters. The standard InChI is InChI=1S/C18H19F3N4O2/c1-24(2)17-23-13(16(22)27)9-14(26)25(17)15(10-3-4-10)11-5-7-12(8-6-11)18(19,20)21/h5-10,15H,3-4H2,1-2H3,(H2,22,27)/t15-/m1/s1. The molecular formula is C18H19F3N4O2. The van der Waals surface area contributed by atoms with Gasteiger partial charge in [-0.2, -0.15) is 13.2 Å². The molecule has 0 bridgehead atoms. The van der Waals surface area contributed by atoms with Crippen molar-refractivity contribution >= 4 is 11.9 Å². The Kier molecular flexibility index (Phi) is 4.71. The van der Waals surface area contributed by atoms with E-state index >= 15 is 0 Å². The summed E-state index contributed by atoms with van der Waals surface area (Å²) in [5.74, 6) is -0.479. The average molecular weight is 380 g/mol. The highest BCUT2D eigenvalue weighted by atomic mass is 19.4. The Bertz CT molecular complexity index is 916. The molecule has 9 heteroatoms. The van der Waals surface area contributed by atoms with Crippen molar-refractivity contribution < 1.29 is 18.0 Å². The predicted octanol–water partition coefficient (Wildman–Crippen LogP) is 2.43. The lowest BCUT2D eigenvalue weighted by Crippen LogP contribution is -2.34. The minimum Gasteiger partial charge on any atom is -0.364 e. The Morgan fingerprint density at radius 2 is 1.85 bits per heavy atom. The molecular weight excluding hydrogens is 361 g/mol. The first-order valence-electron chi connectivity index (χ1n) is 8.37. The Labute approximate surface area is 153 Å². The molecule has 0 radical (unpaired) electrons. The van der Waals surface area contributed by atoms with E-state index < -0.39 is 29.2 Å². The third-order valence-corrected chi connectivity index (χ3v) is 4.51. The third kappa shape index (κ3) is 3.81. The molecule has 1 aliphatic carbocycles. The average Bonchev–Trinajstić information content (AvgIpc) is 3.40. The maximum absolute atomic E-state index is 12.9. The molecule has 1 fully saturated rings. The number of anilines is 1. The molecule has 0 spiro atoms. The van der Waals surface area contributed by atoms with Crippen molar-refractivity contribution in [2.75, 3.05) is 19.0 Å². The molecule has 0 saturated heterocycles. The van der Waals surface area contributed by atoms with Crippen molar-refractivity contribution in [2.45, 2.75) is 25.1 Å². The SMILES string of the molecule is CN(C)c1nc(C(N)=O)cc(=O)n1[C@@H](c1ccc(C(F)(F)F)cc1)C1CC1. The number of carbonyl (C=O) groups is 1. The molecule has 144 valence electrons. The fourth-order valence-electron chi connectivity index (χ4n) is 3.10. The number of carbonyl (C=O) groups excluding carboxylic acids is 1. The van der Waals surface area contributed by atoms with E-state index in [0.717, 1.165) is 31.0 Å². The zero-order chi connectivity index (χ0) is 19.9. The molecule has 1 aromatic carbocycles. The number of aromatic nitrogens is 2. The van der Waals surface area contributed by atoms with Crippen LogP contribution in [-0.2, 0) is 6.18 Å². The van der Waals surface area contributed by atoms with Gasteiger partial charge in [-0.15, -0.1) is 0 Å². The Morgan fingerprint density at radius 1 is 1.26 bits per heavy atom. The smallest absolute Gasteiger partial charge is 0.364 e. The van der Waals surface area contributed by atoms with Gasteiger partial charge in [-0.3, -0.25) is 14.2 Å². The van der Waals surface area contributed by atoms with Gasteiger partial charge in [0.15, 0.2) is 0 Å². The van der Waals surface area contributed by atoms with Crippen LogP contribution in [-0.4, -0.2) is 29.6 Å². The molecule has 2 N–H and O–H groups in total. The quantitative estimate of drug-likeness (QED) is 0.864. The van der Waals surface area contributed by atoms with Crippen LogP contribution in [0.3, 0.4) is 0 Å². The van der Waals surface area contributed by atoms with Crippen molar-refractivity contribution in [2.24, 2.45) is 11.7 Å². The number of halogens is 3. The number of nitrogens with two attached hydrogens (primary N) is 1. The zero-order valence-corrected chi connectivity index (χ0v) is 14.8. The van der Waals surface area contributed by atoms with Crippen LogP contribution in [0.1, 0.15) is 40.5 Å². The highest BCUT2D eigenvalue weighted by Gasteiger charge is 2.37. The normalized spacial score (nSPS) is 15.4. The van der Waals surface area contributed by atoms with Gasteiger partial charge in [-0.25, -0.2) is 4.98 Å². The van der Waals surface area contributed by atoms with Crippen LogP contribution in [0.2, 0.25) is 0 Å². The molecule has 1 saturated carbocycles. The monoisotopic (exact) mass is 380 g/mol. The van der Waals surface area contributed by atoms with Gasteiger partial charge in [0.1, 0.15) is 5.69 Å². The first-order chi connectivity index (χ1) is 12.6. The highest BCUT2D eigenvalue weighted by molar-refractivity contribution is 5.90. The lowest BCUT2D eigenvalue weighted by molar-refractivity contribution is -0.137. The summed E-state index contributed by atoms with van der Waals surface area (Å²) in [5, 5.41) is 0. The largest absolute Gasteiger partial charge is 0.416 e. The van der Waals surface area contributed by atoms with Gasteiger partial charge in [-0.1, -0.05) is 12.1 Å². The van der Waals surface area contributed by atoms with E-state index in [4.69, 9.17) is 5.73 Å². The number of hydrogen-bond donors (Lipinski definition) is 1. The molecule has 3 rings (SSSR count). The van der Waals surface area contributed by atoms with Gasteiger partial charge in [0.05, 0.1) is 11.6 Å². The lowest BCUT2D eigenvalue weighted by Gasteiger charge is -2.26. The number of rotatable bonds is 5. The molecule has 27 heavy (non-hydrogen) atoms. The third-order valence-electron chi connectivity index (χ3n) is 4.51. The number of alkyl halides is 3. The van der Waals surface area contributed by atoms with Crippen LogP contribution in [0.15, 0.2) is 35.1 Å². The van der Waals surface area contributed by atoms with Crippen molar-refractivity contribution in [3.8, 4) is 0 Å². The summed E-state index contributed by atoms with van der Waals surface area (Å²) in [6, 6.07) is 5.40. The number of primary amides is 1. The van der Waals surface area contributed by atoms with E-state index in [-0.39, 0.29) is 17.6 Å². The molecule has 2 aromatic rings. The molecule has 1 aromatic heterocycles. The number of hydrogen-bond acceptors (Lipinski definition) is 4. The second kappa shape index (κ2) is 6.71. The van der Waals surface area contributed by atoms with E-state index in [0.29, 0.717) is 5.56 Å². The van der Waals surface area contributed by atoms with Crippen molar-refractivity contribution in [1.29, 1.82) is 0 Å². The summed E-state index contributed by atoms with van der Waals surface area (Å²) >= 11 is 0. The molecule has 1 heterocycles. The second-order valence-electron chi connectivity index (χ2n) is 6.81. The van der Waals surface area contributed by atoms with Crippen LogP contribution >= 0.6 is 0 Å². The summed E-state index contributed by atoms with van der Waals surface area (Å²) in [5.41, 5.74) is 4.46. The molecule has 1 amide bonds. The lowest BCUT2D eigenvalue weighted by atomic mass is 10.00. The second-order valence-corrected chi connectivity index (χ2v) is 6.81. The molecule has 0 unspecified atom stereocenters. The van der Waals surface area contributed by atoms with E-state index in [1.807, 2.05) is 0 Å². The maximum atomic E-state index is 12.9. The van der Waals surface area contributed by atoms with Crippen molar-refractivity contribution in [1.82, 2.24) is 9.55 Å². The van der Waals surface area contributed by atoms with E-state index in [9.17, 15) is 22.8 Å². The Balaban J connectivity index is 2.14. The van der Waals surface area contributed by atoms with Gasteiger partial charge in [0, 0.05) is 20.2 Å². The van der Waals surface area contributed by atoms with Crippen LogP contribution in [0, 0.1) is 5.92 Å². The Hall–Kier alpha value is -2.84. The van der Waals surface area contributed by atoms with Gasteiger partial charge in [0.2, 0.25) is 5.95 Å². The van der Waals surface area contributed by atoms with Gasteiger partial charge < -0.3 is 10.6 Å². The number of benzene rings is 1. The summed E-state index contributed by atoms with van der Waals surface area (Å²) in [6.45, 7) is 0. The predicted molar refractivity (Wildman–Crippen MR) is 93.6 cm³/mol. The minimum absolute atomic E-state index is 0.111. The van der Waals surface area contributed by atoms with Crippen LogP contribution in [0.25, 0.3) is 0 Å². The van der Waals surface area contributed by atoms with Crippen molar-refractivity contribution in [3.05, 3.63) is 57.5 Å². The van der Waals surface area contributed by atoms with Gasteiger partial charge in [0.25, 0.3) is 11.5 Å². The Morgan fingerprint density at radius 3 is 2.30 bits per heavy atom. The molecule has 6 nitrogen and oxygen atoms in total. The topological polar surface area (TPSA) is 81.2 Å². The summed E-state index contributed by atoms with van der Waals surface area (Å²) in [7, 11) is 3.33. The first kappa shape index (κ1) is 18.9. The van der Waals surface area contributed by atoms with Gasteiger partial charge >= 0.3 is 6.18 Å². The maximum Gasteiger partial charge on any atom is 0.416 e. The van der Waals surface area contributed by atoms with Crippen LogP contribution < -0.4 is 16.2 Å².